The predicted molar refractivity (Wildman–Crippen MR) is 102 cm³/mol. The number of methoxy groups -OCH3 is 2. The summed E-state index contributed by atoms with van der Waals surface area (Å²) in [6.07, 6.45) is 1.26. The Hall–Kier alpha value is -2.94. The van der Waals surface area contributed by atoms with Gasteiger partial charge in [-0.05, 0) is 24.6 Å². The first-order valence-electron chi connectivity index (χ1n) is 8.67. The Bertz CT molecular complexity index is 894. The average molecular weight is 404 g/mol. The summed E-state index contributed by atoms with van der Waals surface area (Å²) in [5.74, 6) is -0.0462. The molecule has 1 aliphatic heterocycles. The molecule has 0 radical (unpaired) electrons. The van der Waals surface area contributed by atoms with E-state index in [9.17, 15) is 14.4 Å². The highest BCUT2D eigenvalue weighted by molar-refractivity contribution is 7.14. The maximum atomic E-state index is 12.4. The van der Waals surface area contributed by atoms with Crippen LogP contribution in [0.3, 0.4) is 0 Å². The number of rotatable bonds is 8. The van der Waals surface area contributed by atoms with Crippen LogP contribution in [-0.4, -0.2) is 50.0 Å². The fraction of sp³-hybridized carbons (Fsp3) is 0.368. The molecule has 1 fully saturated rings. The molecule has 9 heteroatoms. The lowest BCUT2D eigenvalue weighted by Gasteiger charge is -2.10. The predicted octanol–water partition coefficient (Wildman–Crippen LogP) is 2.26. The third-order valence-corrected chi connectivity index (χ3v) is 5.15. The Kier molecular flexibility index (Phi) is 6.25. The number of benzene rings is 1. The van der Waals surface area contributed by atoms with Gasteiger partial charge in [-0.1, -0.05) is 0 Å². The maximum Gasteiger partial charge on any atom is 0.312 e. The molecule has 1 aromatic carbocycles. The monoisotopic (exact) mass is 404 g/mol. The number of aromatic nitrogens is 1. The van der Waals surface area contributed by atoms with E-state index in [4.69, 9.17) is 14.2 Å². The number of ether oxygens (including phenoxy) is 3. The molecule has 3 rings (SSSR count). The lowest BCUT2D eigenvalue weighted by Crippen LogP contribution is -2.23. The summed E-state index contributed by atoms with van der Waals surface area (Å²) < 4.78 is 15.4. The van der Waals surface area contributed by atoms with Gasteiger partial charge in [0.25, 0.3) is 0 Å². The van der Waals surface area contributed by atoms with Gasteiger partial charge in [-0.2, -0.15) is 0 Å². The molecule has 0 aliphatic carbocycles. The minimum absolute atomic E-state index is 0.0429. The van der Waals surface area contributed by atoms with Crippen molar-refractivity contribution in [3.05, 3.63) is 34.8 Å². The molecule has 1 saturated heterocycles. The third kappa shape index (κ3) is 4.48. The van der Waals surface area contributed by atoms with E-state index in [0.717, 1.165) is 6.42 Å². The van der Waals surface area contributed by atoms with E-state index in [1.54, 1.807) is 22.4 Å². The van der Waals surface area contributed by atoms with Crippen molar-refractivity contribution in [2.75, 3.05) is 32.3 Å². The van der Waals surface area contributed by atoms with Gasteiger partial charge in [-0.15, -0.1) is 11.3 Å². The molecule has 0 unspecified atom stereocenters. The Labute approximate surface area is 166 Å². The molecule has 0 spiro atoms. The second-order valence-corrected chi connectivity index (χ2v) is 6.93. The normalized spacial score (nSPS) is 13.5. The number of thiazole rings is 1. The molecule has 2 heterocycles. The molecule has 28 heavy (non-hydrogen) atoms. The highest BCUT2D eigenvalue weighted by Crippen LogP contribution is 2.26. The second-order valence-electron chi connectivity index (χ2n) is 6.10. The number of carbonyl (C=O) groups is 3. The van der Waals surface area contributed by atoms with Crippen molar-refractivity contribution in [2.45, 2.75) is 19.3 Å². The lowest BCUT2D eigenvalue weighted by atomic mass is 10.1. The molecule has 0 atom stereocenters. The van der Waals surface area contributed by atoms with E-state index < -0.39 is 18.4 Å². The van der Waals surface area contributed by atoms with Crippen molar-refractivity contribution in [3.8, 4) is 11.5 Å². The van der Waals surface area contributed by atoms with Crippen molar-refractivity contribution in [1.82, 2.24) is 4.98 Å². The number of esters is 1. The fourth-order valence-electron chi connectivity index (χ4n) is 2.81. The molecular formula is C19H20N2O6S. The second kappa shape index (κ2) is 8.83. The van der Waals surface area contributed by atoms with Crippen molar-refractivity contribution in [1.29, 1.82) is 0 Å². The van der Waals surface area contributed by atoms with Crippen LogP contribution in [0.1, 0.15) is 28.9 Å². The Morgan fingerprint density at radius 2 is 2.07 bits per heavy atom. The van der Waals surface area contributed by atoms with Crippen LogP contribution in [0.4, 0.5) is 5.13 Å². The fourth-order valence-corrected chi connectivity index (χ4v) is 3.67. The third-order valence-electron chi connectivity index (χ3n) is 4.24. The molecule has 1 aromatic heterocycles. The summed E-state index contributed by atoms with van der Waals surface area (Å²) in [6, 6.07) is 4.83. The number of hydrogen-bond acceptors (Lipinski definition) is 8. The van der Waals surface area contributed by atoms with Gasteiger partial charge in [0.2, 0.25) is 11.7 Å². The van der Waals surface area contributed by atoms with Gasteiger partial charge in [0, 0.05) is 18.3 Å². The van der Waals surface area contributed by atoms with Gasteiger partial charge < -0.3 is 14.2 Å². The number of anilines is 1. The molecule has 2 aromatic rings. The van der Waals surface area contributed by atoms with Gasteiger partial charge in [-0.3, -0.25) is 19.3 Å². The molecular weight excluding hydrogens is 384 g/mol. The lowest BCUT2D eigenvalue weighted by molar-refractivity contribution is -0.141. The summed E-state index contributed by atoms with van der Waals surface area (Å²) in [5.41, 5.74) is 0.786. The highest BCUT2D eigenvalue weighted by Gasteiger charge is 2.24. The number of Topliss-reactive ketones (excluding diaryl/α,β-unsaturated/α-hetero) is 1. The van der Waals surface area contributed by atoms with Crippen LogP contribution in [0.25, 0.3) is 0 Å². The van der Waals surface area contributed by atoms with Gasteiger partial charge >= 0.3 is 5.97 Å². The quantitative estimate of drug-likeness (QED) is 0.492. The van der Waals surface area contributed by atoms with Gasteiger partial charge in [0.05, 0.1) is 31.9 Å². The minimum atomic E-state index is -0.570. The smallest absolute Gasteiger partial charge is 0.312 e. The van der Waals surface area contributed by atoms with E-state index in [1.807, 2.05) is 0 Å². The number of carbonyl (C=O) groups excluding carboxylic acids is 3. The number of nitrogens with zero attached hydrogens (tertiary/aromatic N) is 2. The summed E-state index contributed by atoms with van der Waals surface area (Å²) in [7, 11) is 2.95. The molecule has 0 saturated carbocycles. The summed E-state index contributed by atoms with van der Waals surface area (Å²) in [6.45, 7) is 0.233. The molecule has 148 valence electrons. The minimum Gasteiger partial charge on any atom is -0.497 e. The zero-order valence-electron chi connectivity index (χ0n) is 15.6. The van der Waals surface area contributed by atoms with E-state index in [-0.39, 0.29) is 17.9 Å². The molecule has 1 aliphatic rings. The van der Waals surface area contributed by atoms with Gasteiger partial charge in [-0.25, -0.2) is 4.98 Å². The van der Waals surface area contributed by atoms with E-state index in [0.29, 0.717) is 35.3 Å². The van der Waals surface area contributed by atoms with Crippen LogP contribution >= 0.6 is 11.3 Å². The van der Waals surface area contributed by atoms with Crippen molar-refractivity contribution >= 4 is 34.1 Å². The Balaban J connectivity index is 1.57. The number of amides is 1. The maximum absolute atomic E-state index is 12.4. The first kappa shape index (κ1) is 19.8. The Morgan fingerprint density at radius 1 is 1.25 bits per heavy atom. The topological polar surface area (TPSA) is 95.0 Å². The first-order valence-corrected chi connectivity index (χ1v) is 9.55. The van der Waals surface area contributed by atoms with Crippen LogP contribution < -0.4 is 14.4 Å². The largest absolute Gasteiger partial charge is 0.497 e. The molecule has 8 nitrogen and oxygen atoms in total. The van der Waals surface area contributed by atoms with Crippen LogP contribution in [0.5, 0.6) is 11.5 Å². The number of hydrogen-bond donors (Lipinski definition) is 0. The van der Waals surface area contributed by atoms with Crippen LogP contribution in [0.2, 0.25) is 0 Å². The molecule has 0 N–H and O–H groups in total. The summed E-state index contributed by atoms with van der Waals surface area (Å²) in [5, 5.41) is 2.30. The number of ketones is 1. The van der Waals surface area contributed by atoms with Crippen molar-refractivity contribution < 1.29 is 28.6 Å². The summed E-state index contributed by atoms with van der Waals surface area (Å²) in [4.78, 5) is 42.2. The Morgan fingerprint density at radius 3 is 2.75 bits per heavy atom. The van der Waals surface area contributed by atoms with E-state index in [1.165, 1.54) is 31.6 Å². The zero-order chi connectivity index (χ0) is 20.1. The molecule has 1 amide bonds. The van der Waals surface area contributed by atoms with Gasteiger partial charge in [0.1, 0.15) is 11.5 Å². The van der Waals surface area contributed by atoms with E-state index in [2.05, 4.69) is 4.98 Å². The molecule has 0 bridgehead atoms. The van der Waals surface area contributed by atoms with Gasteiger partial charge in [0.15, 0.2) is 11.7 Å². The van der Waals surface area contributed by atoms with Crippen molar-refractivity contribution in [3.63, 3.8) is 0 Å². The van der Waals surface area contributed by atoms with Crippen molar-refractivity contribution in [2.24, 2.45) is 0 Å². The zero-order valence-corrected chi connectivity index (χ0v) is 16.4. The summed E-state index contributed by atoms with van der Waals surface area (Å²) >= 11 is 1.31. The first-order chi connectivity index (χ1) is 13.5. The SMILES string of the molecule is COc1ccc(OC)c(C(=O)COC(=O)Cc2csc(N3CCCC3=O)n2)c1. The van der Waals surface area contributed by atoms with Crippen LogP contribution in [0.15, 0.2) is 23.6 Å². The van der Waals surface area contributed by atoms with E-state index >= 15 is 0 Å². The van der Waals surface area contributed by atoms with Crippen LogP contribution in [0, 0.1) is 0 Å². The van der Waals surface area contributed by atoms with Crippen LogP contribution in [-0.2, 0) is 20.7 Å². The average Bonchev–Trinajstić information content (AvgIpc) is 3.34. The highest BCUT2D eigenvalue weighted by atomic mass is 32.1. The standard InChI is InChI=1S/C19H20N2O6S/c1-25-13-5-6-16(26-2)14(9-13)15(22)10-27-18(24)8-12-11-28-19(20-12)21-7-3-4-17(21)23/h5-6,9,11H,3-4,7-8,10H2,1-2H3.